The number of para-hydroxylation sites is 1. The van der Waals surface area contributed by atoms with Crippen LogP contribution in [0.2, 0.25) is 0 Å². The predicted molar refractivity (Wildman–Crippen MR) is 47.3 cm³/mol. The van der Waals surface area contributed by atoms with Crippen molar-refractivity contribution in [2.75, 3.05) is 0 Å². The predicted octanol–water partition coefficient (Wildman–Crippen LogP) is 4.00. The van der Waals surface area contributed by atoms with Gasteiger partial charge in [0.05, 0.1) is 12.8 Å². The fourth-order valence-corrected chi connectivity index (χ4v) is 0.999. The maximum atomic E-state index is 12.9. The third-order valence-electron chi connectivity index (χ3n) is 1.71. The molecule has 0 heterocycles. The first-order valence-electron chi connectivity index (χ1n) is 4.47. The van der Waals surface area contributed by atoms with E-state index in [0.717, 1.165) is 0 Å². The molecule has 0 saturated heterocycles. The number of alkyl halides is 5. The largest absolute Gasteiger partial charge is 0.433 e. The van der Waals surface area contributed by atoms with Crippen molar-refractivity contribution in [3.63, 3.8) is 0 Å². The van der Waals surface area contributed by atoms with Crippen molar-refractivity contribution in [3.05, 3.63) is 30.3 Å². The van der Waals surface area contributed by atoms with Crippen LogP contribution in [0.5, 0.6) is 5.75 Å². The summed E-state index contributed by atoms with van der Waals surface area (Å²) in [7, 11) is 0. The molecule has 16 heavy (non-hydrogen) atoms. The Morgan fingerprint density at radius 2 is 1.44 bits per heavy atom. The fourth-order valence-electron chi connectivity index (χ4n) is 0.999. The molecule has 0 atom stereocenters. The lowest BCUT2D eigenvalue weighted by atomic mass is 10.3. The van der Waals surface area contributed by atoms with E-state index in [1.165, 1.54) is 24.3 Å². The van der Waals surface area contributed by atoms with Gasteiger partial charge >= 0.3 is 12.3 Å². The highest BCUT2D eigenvalue weighted by atomic mass is 19.4. The summed E-state index contributed by atoms with van der Waals surface area (Å²) in [4.78, 5) is 0. The van der Waals surface area contributed by atoms with Crippen molar-refractivity contribution in [1.29, 1.82) is 0 Å². The number of hydrogen-bond acceptors (Lipinski definition) is 1. The molecule has 1 rings (SSSR count). The molecule has 1 aromatic carbocycles. The van der Waals surface area contributed by atoms with Gasteiger partial charge in [-0.25, -0.2) is 0 Å². The molecule has 90 valence electrons. The summed E-state index contributed by atoms with van der Waals surface area (Å²) in [6.45, 7) is 0. The van der Waals surface area contributed by atoms with Gasteiger partial charge in [-0.3, -0.25) is 0 Å². The van der Waals surface area contributed by atoms with Gasteiger partial charge in [0, 0.05) is 0 Å². The van der Waals surface area contributed by atoms with Crippen LogP contribution in [0.3, 0.4) is 0 Å². The van der Waals surface area contributed by atoms with E-state index in [1.54, 1.807) is 6.07 Å². The van der Waals surface area contributed by atoms with Crippen molar-refractivity contribution in [2.45, 2.75) is 25.1 Å². The van der Waals surface area contributed by atoms with Gasteiger partial charge in [0.25, 0.3) is 0 Å². The van der Waals surface area contributed by atoms with E-state index < -0.39 is 25.1 Å². The molecule has 0 saturated carbocycles. The van der Waals surface area contributed by atoms with Crippen molar-refractivity contribution >= 4 is 0 Å². The zero-order chi connectivity index (χ0) is 12.2. The summed E-state index contributed by atoms with van der Waals surface area (Å²) in [5.74, 6) is -0.158. The molecule has 1 aromatic rings. The van der Waals surface area contributed by atoms with Gasteiger partial charge in [0.1, 0.15) is 5.75 Å². The molecule has 0 fully saturated rings. The first kappa shape index (κ1) is 12.7. The lowest BCUT2D eigenvalue weighted by molar-refractivity contribution is -0.209. The summed E-state index contributed by atoms with van der Waals surface area (Å²) in [6.07, 6.45) is -11.4. The maximum absolute atomic E-state index is 12.9. The molecular formula is C10H9F5O. The minimum absolute atomic E-state index is 0.158. The Hall–Kier alpha value is -1.33. The molecule has 0 aliphatic heterocycles. The van der Waals surface area contributed by atoms with Crippen LogP contribution in [0.1, 0.15) is 12.8 Å². The van der Waals surface area contributed by atoms with E-state index in [4.69, 9.17) is 0 Å². The molecule has 0 N–H and O–H groups in total. The number of ether oxygens (including phenoxy) is 1. The van der Waals surface area contributed by atoms with Crippen LogP contribution in [-0.4, -0.2) is 12.3 Å². The summed E-state index contributed by atoms with van der Waals surface area (Å²) in [5.41, 5.74) is 0. The van der Waals surface area contributed by atoms with Crippen molar-refractivity contribution < 1.29 is 26.7 Å². The average molecular weight is 240 g/mol. The van der Waals surface area contributed by atoms with E-state index in [9.17, 15) is 22.0 Å². The van der Waals surface area contributed by atoms with Gasteiger partial charge in [0.2, 0.25) is 0 Å². The normalized spacial score (nSPS) is 12.6. The molecule has 0 aromatic heterocycles. The number of rotatable bonds is 4. The Kier molecular flexibility index (Phi) is 3.72. The third kappa shape index (κ3) is 4.95. The van der Waals surface area contributed by atoms with Crippen molar-refractivity contribution in [3.8, 4) is 5.75 Å². The van der Waals surface area contributed by atoms with E-state index in [0.29, 0.717) is 0 Å². The summed E-state index contributed by atoms with van der Waals surface area (Å²) >= 11 is 0. The first-order chi connectivity index (χ1) is 7.29. The van der Waals surface area contributed by atoms with Crippen molar-refractivity contribution in [2.24, 2.45) is 0 Å². The van der Waals surface area contributed by atoms with Gasteiger partial charge in [-0.1, -0.05) is 18.2 Å². The van der Waals surface area contributed by atoms with Crippen LogP contribution < -0.4 is 4.74 Å². The minimum atomic E-state index is -4.61. The fraction of sp³-hybridized carbons (Fsp3) is 0.400. The summed E-state index contributed by atoms with van der Waals surface area (Å²) in [6, 6.07) is 6.99. The van der Waals surface area contributed by atoms with Crippen LogP contribution >= 0.6 is 0 Å². The highest BCUT2D eigenvalue weighted by Crippen LogP contribution is 2.31. The molecule has 0 aliphatic carbocycles. The van der Waals surface area contributed by atoms with Crippen LogP contribution in [0.4, 0.5) is 22.0 Å². The molecule has 1 nitrogen and oxygen atoms in total. The van der Waals surface area contributed by atoms with Crippen molar-refractivity contribution in [1.82, 2.24) is 0 Å². The molecule has 0 radical (unpaired) electrons. The lowest BCUT2D eigenvalue weighted by Crippen LogP contribution is -2.27. The second kappa shape index (κ2) is 4.67. The smallest absolute Gasteiger partial charge is 0.398 e. The molecule has 0 amide bonds. The van der Waals surface area contributed by atoms with Gasteiger partial charge in [-0.05, 0) is 12.1 Å². The molecule has 6 heteroatoms. The van der Waals surface area contributed by atoms with Gasteiger partial charge in [-0.2, -0.15) is 22.0 Å². The van der Waals surface area contributed by atoms with E-state index in [-0.39, 0.29) is 5.75 Å². The quantitative estimate of drug-likeness (QED) is 0.723. The Morgan fingerprint density at radius 1 is 0.875 bits per heavy atom. The SMILES string of the molecule is FC(F)(F)CCC(F)(F)Oc1ccccc1. The second-order valence-electron chi connectivity index (χ2n) is 3.17. The molecule has 0 spiro atoms. The van der Waals surface area contributed by atoms with Gasteiger partial charge < -0.3 is 4.74 Å². The average Bonchev–Trinajstić information content (AvgIpc) is 2.15. The zero-order valence-electron chi connectivity index (χ0n) is 8.10. The van der Waals surface area contributed by atoms with Crippen LogP contribution in [0.25, 0.3) is 0 Å². The standard InChI is InChI=1S/C10H9F5O/c11-9(12,13)6-7-10(14,15)16-8-4-2-1-3-5-8/h1-5H,6-7H2. The molecule has 0 unspecified atom stereocenters. The molecular weight excluding hydrogens is 231 g/mol. The summed E-state index contributed by atoms with van der Waals surface area (Å²) < 4.78 is 65.2. The monoisotopic (exact) mass is 240 g/mol. The Morgan fingerprint density at radius 3 is 1.94 bits per heavy atom. The van der Waals surface area contributed by atoms with E-state index in [1.807, 2.05) is 0 Å². The van der Waals surface area contributed by atoms with Crippen LogP contribution in [0, 0.1) is 0 Å². The number of hydrogen-bond donors (Lipinski definition) is 0. The second-order valence-corrected chi connectivity index (χ2v) is 3.17. The molecule has 0 aliphatic rings. The number of benzene rings is 1. The zero-order valence-corrected chi connectivity index (χ0v) is 8.10. The lowest BCUT2D eigenvalue weighted by Gasteiger charge is -2.18. The van der Waals surface area contributed by atoms with Gasteiger partial charge in [0.15, 0.2) is 0 Å². The Balaban J connectivity index is 2.52. The highest BCUT2D eigenvalue weighted by molar-refractivity contribution is 5.21. The first-order valence-corrected chi connectivity index (χ1v) is 4.47. The van der Waals surface area contributed by atoms with E-state index in [2.05, 4.69) is 4.74 Å². The molecule has 0 bridgehead atoms. The maximum Gasteiger partial charge on any atom is 0.398 e. The highest BCUT2D eigenvalue weighted by Gasteiger charge is 2.38. The Bertz CT molecular complexity index is 320. The number of halogens is 5. The minimum Gasteiger partial charge on any atom is -0.433 e. The van der Waals surface area contributed by atoms with Crippen LogP contribution in [-0.2, 0) is 0 Å². The Labute approximate surface area is 88.8 Å². The topological polar surface area (TPSA) is 9.23 Å². The van der Waals surface area contributed by atoms with Gasteiger partial charge in [-0.15, -0.1) is 0 Å². The third-order valence-corrected chi connectivity index (χ3v) is 1.71. The van der Waals surface area contributed by atoms with E-state index >= 15 is 0 Å². The van der Waals surface area contributed by atoms with Crippen LogP contribution in [0.15, 0.2) is 30.3 Å². The summed E-state index contributed by atoms with van der Waals surface area (Å²) in [5, 5.41) is 0.